The topological polar surface area (TPSA) is 60.8 Å². The zero-order valence-corrected chi connectivity index (χ0v) is 22.1. The van der Waals surface area contributed by atoms with E-state index in [0.29, 0.717) is 0 Å². The largest absolute Gasteiger partial charge is 0.395 e. The van der Waals surface area contributed by atoms with Gasteiger partial charge in [-0.3, -0.25) is 4.79 Å². The van der Waals surface area contributed by atoms with Crippen LogP contribution in [-0.4, -0.2) is 47.3 Å². The summed E-state index contributed by atoms with van der Waals surface area (Å²) in [6, 6.07) is 0. The van der Waals surface area contributed by atoms with Crippen molar-refractivity contribution >= 4 is 5.91 Å². The van der Waals surface area contributed by atoms with E-state index < -0.39 is 0 Å². The van der Waals surface area contributed by atoms with Gasteiger partial charge >= 0.3 is 0 Å². The number of aliphatic hydroxyl groups is 2. The van der Waals surface area contributed by atoms with Crippen LogP contribution in [0.4, 0.5) is 0 Å². The van der Waals surface area contributed by atoms with Crippen molar-refractivity contribution in [2.75, 3.05) is 26.3 Å². The Balaban J connectivity index is 4.30. The molecule has 33 heavy (non-hydrogen) atoms. The number of carbonyl (C=O) groups is 1. The van der Waals surface area contributed by atoms with Crippen LogP contribution < -0.4 is 0 Å². The fourth-order valence-electron chi connectivity index (χ4n) is 3.48. The lowest BCUT2D eigenvalue weighted by Crippen LogP contribution is -2.34. The Kier molecular flexibility index (Phi) is 18.4. The zero-order valence-electron chi connectivity index (χ0n) is 22.1. The molecule has 0 atom stereocenters. The second kappa shape index (κ2) is 19.5. The first kappa shape index (κ1) is 31.1. The van der Waals surface area contributed by atoms with Gasteiger partial charge in [0.2, 0.25) is 5.91 Å². The Bertz CT molecular complexity index is 700. The van der Waals surface area contributed by atoms with Crippen LogP contribution in [-0.2, 0) is 4.79 Å². The highest BCUT2D eigenvalue weighted by Crippen LogP contribution is 2.15. The Morgan fingerprint density at radius 3 is 1.33 bits per heavy atom. The third-order valence-electron chi connectivity index (χ3n) is 5.61. The van der Waals surface area contributed by atoms with Crippen molar-refractivity contribution in [2.24, 2.45) is 0 Å². The Morgan fingerprint density at radius 2 is 0.970 bits per heavy atom. The molecule has 0 saturated carbocycles. The molecule has 188 valence electrons. The minimum Gasteiger partial charge on any atom is -0.395 e. The van der Waals surface area contributed by atoms with Crippen molar-refractivity contribution < 1.29 is 15.0 Å². The number of aliphatic hydroxyl groups excluding tert-OH is 2. The highest BCUT2D eigenvalue weighted by Gasteiger charge is 2.09. The first-order valence-corrected chi connectivity index (χ1v) is 12.5. The number of hydrogen-bond donors (Lipinski definition) is 2. The molecular weight excluding hydrogens is 410 g/mol. The molecule has 0 rings (SSSR count). The van der Waals surface area contributed by atoms with Gasteiger partial charge in [0.05, 0.1) is 13.2 Å². The van der Waals surface area contributed by atoms with E-state index in [-0.39, 0.29) is 32.2 Å². The molecule has 0 aromatic rings. The third-order valence-corrected chi connectivity index (χ3v) is 5.61. The van der Waals surface area contributed by atoms with Crippen LogP contribution in [0.1, 0.15) is 92.9 Å². The van der Waals surface area contributed by atoms with Gasteiger partial charge in [-0.05, 0) is 92.9 Å². The number of amides is 1. The molecule has 0 fully saturated rings. The van der Waals surface area contributed by atoms with Gasteiger partial charge in [0.15, 0.2) is 0 Å². The number of hydrogen-bond acceptors (Lipinski definition) is 3. The third kappa shape index (κ3) is 18.2. The predicted octanol–water partition coefficient (Wildman–Crippen LogP) is 6.67. The molecule has 4 nitrogen and oxygen atoms in total. The molecule has 0 unspecified atom stereocenters. The molecule has 2 N–H and O–H groups in total. The summed E-state index contributed by atoms with van der Waals surface area (Å²) in [7, 11) is 0. The van der Waals surface area contributed by atoms with E-state index >= 15 is 0 Å². The van der Waals surface area contributed by atoms with Gasteiger partial charge < -0.3 is 15.1 Å². The van der Waals surface area contributed by atoms with Crippen molar-refractivity contribution in [3.05, 3.63) is 58.2 Å². The Labute approximate surface area is 203 Å². The SMILES string of the molecule is CC(C)=CCC/C(C)=C/CC/C(C)=C/CC/C(C)=C/CC/C(C)=C/C(=O)N(CCO)CCO. The summed E-state index contributed by atoms with van der Waals surface area (Å²) in [4.78, 5) is 13.7. The molecular formula is C29H49NO3. The molecule has 0 heterocycles. The van der Waals surface area contributed by atoms with Gasteiger partial charge in [-0.15, -0.1) is 0 Å². The molecule has 0 aliphatic carbocycles. The molecule has 0 aliphatic rings. The lowest BCUT2D eigenvalue weighted by atomic mass is 10.0. The first-order chi connectivity index (χ1) is 15.7. The summed E-state index contributed by atoms with van der Waals surface area (Å²) in [6.45, 7) is 13.2. The number of rotatable bonds is 17. The molecule has 1 amide bonds. The molecule has 0 radical (unpaired) electrons. The summed E-state index contributed by atoms with van der Waals surface area (Å²) < 4.78 is 0. The van der Waals surface area contributed by atoms with Crippen LogP contribution in [0.25, 0.3) is 0 Å². The minimum atomic E-state index is -0.144. The van der Waals surface area contributed by atoms with E-state index in [4.69, 9.17) is 10.2 Å². The molecule has 0 bridgehead atoms. The van der Waals surface area contributed by atoms with Gasteiger partial charge in [0.25, 0.3) is 0 Å². The smallest absolute Gasteiger partial charge is 0.246 e. The summed E-state index contributed by atoms with van der Waals surface area (Å²) in [5.74, 6) is -0.144. The maximum absolute atomic E-state index is 12.2. The number of nitrogens with zero attached hydrogens (tertiary/aromatic N) is 1. The van der Waals surface area contributed by atoms with E-state index in [0.717, 1.165) is 56.9 Å². The number of carbonyl (C=O) groups excluding carboxylic acids is 1. The zero-order chi connectivity index (χ0) is 25.1. The van der Waals surface area contributed by atoms with Crippen molar-refractivity contribution in [2.45, 2.75) is 92.9 Å². The van der Waals surface area contributed by atoms with Crippen molar-refractivity contribution in [3.8, 4) is 0 Å². The predicted molar refractivity (Wildman–Crippen MR) is 142 cm³/mol. The highest BCUT2D eigenvalue weighted by atomic mass is 16.3. The second-order valence-corrected chi connectivity index (χ2v) is 9.35. The first-order valence-electron chi connectivity index (χ1n) is 12.5. The van der Waals surface area contributed by atoms with Crippen molar-refractivity contribution in [1.29, 1.82) is 0 Å². The van der Waals surface area contributed by atoms with Gasteiger partial charge in [-0.2, -0.15) is 0 Å². The van der Waals surface area contributed by atoms with E-state index in [1.807, 2.05) is 6.92 Å². The fraction of sp³-hybridized carbons (Fsp3) is 0.621. The Hall–Kier alpha value is -1.91. The van der Waals surface area contributed by atoms with Gasteiger partial charge in [-0.25, -0.2) is 0 Å². The van der Waals surface area contributed by atoms with Crippen LogP contribution in [0.5, 0.6) is 0 Å². The van der Waals surface area contributed by atoms with E-state index in [2.05, 4.69) is 58.9 Å². The molecule has 0 aromatic carbocycles. The Morgan fingerprint density at radius 1 is 0.606 bits per heavy atom. The van der Waals surface area contributed by atoms with E-state index in [9.17, 15) is 4.79 Å². The summed E-state index contributed by atoms with van der Waals surface area (Å²) >= 11 is 0. The summed E-state index contributed by atoms with van der Waals surface area (Å²) in [5.41, 5.74) is 6.75. The second-order valence-electron chi connectivity index (χ2n) is 9.35. The standard InChI is InChI=1S/C29H49NO3/c1-24(2)11-7-12-25(3)13-8-14-26(4)15-9-16-27(5)17-10-18-28(6)23-29(33)30(19-21-31)20-22-32/h11,13,15,17,23,31-32H,7-10,12,14,16,18-22H2,1-6H3/b25-13+,26-15+,27-17+,28-23+. The average Bonchev–Trinajstić information content (AvgIpc) is 2.73. The van der Waals surface area contributed by atoms with Crippen LogP contribution >= 0.6 is 0 Å². The highest BCUT2D eigenvalue weighted by molar-refractivity contribution is 5.88. The van der Waals surface area contributed by atoms with Gasteiger partial charge in [0.1, 0.15) is 0 Å². The average molecular weight is 460 g/mol. The summed E-state index contributed by atoms with van der Waals surface area (Å²) in [6.07, 6.45) is 19.4. The minimum absolute atomic E-state index is 0.0958. The number of allylic oxidation sites excluding steroid dienone is 9. The van der Waals surface area contributed by atoms with Crippen LogP contribution in [0, 0.1) is 0 Å². The monoisotopic (exact) mass is 459 g/mol. The van der Waals surface area contributed by atoms with Crippen molar-refractivity contribution in [1.82, 2.24) is 4.90 Å². The maximum Gasteiger partial charge on any atom is 0.246 e. The maximum atomic E-state index is 12.2. The molecule has 0 aromatic heterocycles. The van der Waals surface area contributed by atoms with E-state index in [1.54, 1.807) is 6.08 Å². The van der Waals surface area contributed by atoms with Gasteiger partial charge in [-0.1, -0.05) is 52.2 Å². The quantitative estimate of drug-likeness (QED) is 0.189. The molecule has 0 spiro atoms. The molecule has 4 heteroatoms. The van der Waals surface area contributed by atoms with E-state index in [1.165, 1.54) is 27.2 Å². The molecule has 0 aliphatic heterocycles. The fourth-order valence-corrected chi connectivity index (χ4v) is 3.48. The molecule has 0 saturated heterocycles. The van der Waals surface area contributed by atoms with Crippen LogP contribution in [0.3, 0.4) is 0 Å². The lowest BCUT2D eigenvalue weighted by Gasteiger charge is -2.19. The van der Waals surface area contributed by atoms with Crippen LogP contribution in [0.2, 0.25) is 0 Å². The lowest BCUT2D eigenvalue weighted by molar-refractivity contribution is -0.127. The normalized spacial score (nSPS) is 13.3. The van der Waals surface area contributed by atoms with Gasteiger partial charge in [0, 0.05) is 19.2 Å². The van der Waals surface area contributed by atoms with Crippen LogP contribution in [0.15, 0.2) is 58.2 Å². The summed E-state index contributed by atoms with van der Waals surface area (Å²) in [5, 5.41) is 18.1. The van der Waals surface area contributed by atoms with Crippen molar-refractivity contribution in [3.63, 3.8) is 0 Å².